The maximum atomic E-state index is 13.1. The zero-order valence-electron chi connectivity index (χ0n) is 16.6. The van der Waals surface area contributed by atoms with Crippen LogP contribution in [0, 0.1) is 0 Å². The van der Waals surface area contributed by atoms with Gasteiger partial charge in [-0.3, -0.25) is 4.90 Å². The minimum absolute atomic E-state index is 0.123. The normalized spacial score (nSPS) is 18.1. The molecule has 1 aromatic carbocycles. The fourth-order valence-electron chi connectivity index (χ4n) is 3.17. The van der Waals surface area contributed by atoms with Crippen LogP contribution in [0.25, 0.3) is 0 Å². The predicted octanol–water partition coefficient (Wildman–Crippen LogP) is 3.93. The number of aromatic nitrogens is 2. The van der Waals surface area contributed by atoms with E-state index in [0.29, 0.717) is 30.9 Å². The van der Waals surface area contributed by atoms with E-state index >= 15 is 0 Å². The van der Waals surface area contributed by atoms with Crippen molar-refractivity contribution in [2.45, 2.75) is 43.8 Å². The van der Waals surface area contributed by atoms with E-state index in [0.717, 1.165) is 12.1 Å². The summed E-state index contributed by atoms with van der Waals surface area (Å²) in [5, 5.41) is 3.40. The lowest BCUT2D eigenvalue weighted by molar-refractivity contribution is -0.137. The molecule has 166 valence electrons. The van der Waals surface area contributed by atoms with Crippen molar-refractivity contribution >= 4 is 21.6 Å². The van der Waals surface area contributed by atoms with Crippen LogP contribution < -0.4 is 0 Å². The number of sulfonamides is 1. The molecule has 0 spiro atoms. The summed E-state index contributed by atoms with van der Waals surface area (Å²) >= 11 is 5.60. The smallest absolute Gasteiger partial charge is 0.338 e. The van der Waals surface area contributed by atoms with Gasteiger partial charge in [0.25, 0.3) is 0 Å². The summed E-state index contributed by atoms with van der Waals surface area (Å²) < 4.78 is 71.5. The molecule has 1 atom stereocenters. The van der Waals surface area contributed by atoms with Crippen LogP contribution in [0.1, 0.15) is 50.0 Å². The molecule has 0 aliphatic carbocycles. The molecule has 1 aliphatic heterocycles. The van der Waals surface area contributed by atoms with Crippen molar-refractivity contribution in [2.24, 2.45) is 0 Å². The van der Waals surface area contributed by atoms with Crippen LogP contribution in [-0.2, 0) is 16.2 Å². The van der Waals surface area contributed by atoms with Gasteiger partial charge in [-0.15, -0.1) is 0 Å². The number of piperazine rings is 1. The van der Waals surface area contributed by atoms with E-state index < -0.39 is 31.7 Å². The third-order valence-corrected chi connectivity index (χ3v) is 7.26. The maximum absolute atomic E-state index is 13.1. The molecular formula is C18H22ClF3N4O3S. The lowest BCUT2D eigenvalue weighted by Gasteiger charge is -2.36. The molecule has 2 aromatic rings. The second-order valence-corrected chi connectivity index (χ2v) is 9.75. The van der Waals surface area contributed by atoms with Crippen LogP contribution in [0.3, 0.4) is 0 Å². The number of hydrogen-bond acceptors (Lipinski definition) is 6. The highest BCUT2D eigenvalue weighted by Gasteiger charge is 2.37. The first kappa shape index (κ1) is 23.0. The number of rotatable bonds is 5. The highest BCUT2D eigenvalue weighted by Crippen LogP contribution is 2.36. The molecule has 3 rings (SSSR count). The van der Waals surface area contributed by atoms with Crippen LogP contribution in [0.4, 0.5) is 13.2 Å². The Hall–Kier alpha value is -1.69. The Kier molecular flexibility index (Phi) is 6.47. The van der Waals surface area contributed by atoms with Crippen molar-refractivity contribution in [3.05, 3.63) is 40.5 Å². The van der Waals surface area contributed by atoms with Crippen LogP contribution in [0.2, 0.25) is 5.02 Å². The number of alkyl halides is 3. The zero-order chi connectivity index (χ0) is 22.3. The Labute approximate surface area is 177 Å². The summed E-state index contributed by atoms with van der Waals surface area (Å²) in [4.78, 5) is 5.93. The molecule has 1 aliphatic rings. The SMILES string of the molecule is CC(C)c1noc([C@@H](C)N2CCN(S(=O)(=O)c3ccc(Cl)c(C(F)(F)F)c3)CC2)n1. The van der Waals surface area contributed by atoms with E-state index in [2.05, 4.69) is 10.1 Å². The fourth-order valence-corrected chi connectivity index (χ4v) is 4.84. The van der Waals surface area contributed by atoms with E-state index in [-0.39, 0.29) is 25.0 Å². The van der Waals surface area contributed by atoms with E-state index in [1.807, 2.05) is 25.7 Å². The monoisotopic (exact) mass is 466 g/mol. The molecule has 0 bridgehead atoms. The molecule has 12 heteroatoms. The Morgan fingerprint density at radius 3 is 2.30 bits per heavy atom. The quantitative estimate of drug-likeness (QED) is 0.664. The van der Waals surface area contributed by atoms with E-state index in [4.69, 9.17) is 16.1 Å². The lowest BCUT2D eigenvalue weighted by Crippen LogP contribution is -2.49. The topological polar surface area (TPSA) is 79.5 Å². The van der Waals surface area contributed by atoms with Crippen LogP contribution in [0.5, 0.6) is 0 Å². The molecule has 0 N–H and O–H groups in total. The van der Waals surface area contributed by atoms with Gasteiger partial charge >= 0.3 is 6.18 Å². The minimum Gasteiger partial charge on any atom is -0.338 e. The van der Waals surface area contributed by atoms with Gasteiger partial charge < -0.3 is 4.52 Å². The third-order valence-electron chi connectivity index (χ3n) is 5.03. The van der Waals surface area contributed by atoms with Gasteiger partial charge in [-0.25, -0.2) is 8.42 Å². The molecule has 1 aromatic heterocycles. The summed E-state index contributed by atoms with van der Waals surface area (Å²) in [6, 6.07) is 2.42. The summed E-state index contributed by atoms with van der Waals surface area (Å²) in [5.41, 5.74) is -1.17. The molecular weight excluding hydrogens is 445 g/mol. The molecule has 30 heavy (non-hydrogen) atoms. The maximum Gasteiger partial charge on any atom is 0.417 e. The lowest BCUT2D eigenvalue weighted by atomic mass is 10.2. The molecule has 0 saturated carbocycles. The van der Waals surface area contributed by atoms with Gasteiger partial charge in [0.15, 0.2) is 5.82 Å². The second kappa shape index (κ2) is 8.45. The van der Waals surface area contributed by atoms with Crippen molar-refractivity contribution in [2.75, 3.05) is 26.2 Å². The van der Waals surface area contributed by atoms with Gasteiger partial charge in [-0.2, -0.15) is 22.5 Å². The minimum atomic E-state index is -4.74. The van der Waals surface area contributed by atoms with Crippen molar-refractivity contribution in [3.8, 4) is 0 Å². The van der Waals surface area contributed by atoms with Gasteiger partial charge in [0.1, 0.15) is 0 Å². The third kappa shape index (κ3) is 4.63. The Morgan fingerprint density at radius 1 is 1.13 bits per heavy atom. The molecule has 1 saturated heterocycles. The summed E-state index contributed by atoms with van der Waals surface area (Å²) in [7, 11) is -4.09. The average Bonchev–Trinajstić information content (AvgIpc) is 3.17. The van der Waals surface area contributed by atoms with E-state index in [1.54, 1.807) is 0 Å². The first-order chi connectivity index (χ1) is 13.9. The predicted molar refractivity (Wildman–Crippen MR) is 104 cm³/mol. The van der Waals surface area contributed by atoms with Crippen molar-refractivity contribution in [1.82, 2.24) is 19.3 Å². The van der Waals surface area contributed by atoms with Crippen LogP contribution >= 0.6 is 11.6 Å². The standard InChI is InChI=1S/C18H22ClF3N4O3S/c1-11(2)16-23-17(29-24-16)12(3)25-6-8-26(9-7-25)30(27,28)13-4-5-15(19)14(10-13)18(20,21)22/h4-5,10-12H,6-9H2,1-3H3/t12-/m1/s1. The fraction of sp³-hybridized carbons (Fsp3) is 0.556. The first-order valence-electron chi connectivity index (χ1n) is 9.35. The second-order valence-electron chi connectivity index (χ2n) is 7.40. The Bertz CT molecular complexity index is 1000. The molecule has 0 amide bonds. The highest BCUT2D eigenvalue weighted by molar-refractivity contribution is 7.89. The van der Waals surface area contributed by atoms with E-state index in [1.165, 1.54) is 4.31 Å². The molecule has 7 nitrogen and oxygen atoms in total. The average molecular weight is 467 g/mol. The molecule has 1 fully saturated rings. The Morgan fingerprint density at radius 2 is 1.77 bits per heavy atom. The number of benzene rings is 1. The van der Waals surface area contributed by atoms with Gasteiger partial charge in [-0.05, 0) is 25.1 Å². The first-order valence-corrected chi connectivity index (χ1v) is 11.2. The molecule has 2 heterocycles. The van der Waals surface area contributed by atoms with Crippen molar-refractivity contribution < 1.29 is 26.1 Å². The zero-order valence-corrected chi connectivity index (χ0v) is 18.2. The van der Waals surface area contributed by atoms with Gasteiger partial charge in [-0.1, -0.05) is 30.6 Å². The summed E-state index contributed by atoms with van der Waals surface area (Å²) in [6.45, 7) is 6.78. The Balaban J connectivity index is 1.72. The van der Waals surface area contributed by atoms with Crippen molar-refractivity contribution in [1.29, 1.82) is 0 Å². The molecule has 0 unspecified atom stereocenters. The van der Waals surface area contributed by atoms with Gasteiger partial charge in [0, 0.05) is 32.1 Å². The van der Waals surface area contributed by atoms with Crippen LogP contribution in [0.15, 0.2) is 27.6 Å². The number of nitrogens with zero attached hydrogens (tertiary/aromatic N) is 4. The van der Waals surface area contributed by atoms with E-state index in [9.17, 15) is 21.6 Å². The number of hydrogen-bond donors (Lipinski definition) is 0. The van der Waals surface area contributed by atoms with Crippen LogP contribution in [-0.4, -0.2) is 53.9 Å². The number of halogens is 4. The largest absolute Gasteiger partial charge is 0.417 e. The summed E-state index contributed by atoms with van der Waals surface area (Å²) in [6.07, 6.45) is -4.74. The van der Waals surface area contributed by atoms with Gasteiger partial charge in [0.05, 0.1) is 21.5 Å². The highest BCUT2D eigenvalue weighted by atomic mass is 35.5. The van der Waals surface area contributed by atoms with Crippen molar-refractivity contribution in [3.63, 3.8) is 0 Å². The summed E-state index contributed by atoms with van der Waals surface area (Å²) in [5.74, 6) is 1.17. The van der Waals surface area contributed by atoms with Gasteiger partial charge in [0.2, 0.25) is 15.9 Å². The molecule has 0 radical (unpaired) electrons.